The normalized spacial score (nSPS) is 16.2. The van der Waals surface area contributed by atoms with Crippen LogP contribution in [0.1, 0.15) is 12.5 Å². The molecule has 1 heterocycles. The fourth-order valence-electron chi connectivity index (χ4n) is 2.61. The predicted octanol–water partition coefficient (Wildman–Crippen LogP) is 3.82. The van der Waals surface area contributed by atoms with Crippen molar-refractivity contribution in [2.75, 3.05) is 18.0 Å². The number of rotatable bonds is 6. The van der Waals surface area contributed by atoms with E-state index in [4.69, 9.17) is 21.1 Å². The first-order valence-corrected chi connectivity index (χ1v) is 8.84. The molecule has 8 heteroatoms. The van der Waals surface area contributed by atoms with Gasteiger partial charge in [-0.25, -0.2) is 9.18 Å². The minimum Gasteiger partial charge on any atom is -0.454 e. The molecule has 1 fully saturated rings. The van der Waals surface area contributed by atoms with Crippen molar-refractivity contribution in [1.82, 2.24) is 5.32 Å². The number of cyclic esters (lactones) is 1. The number of carbonyl (C=O) groups excluding carboxylic acids is 2. The average molecular weight is 393 g/mol. The van der Waals surface area contributed by atoms with Gasteiger partial charge in [-0.3, -0.25) is 9.69 Å². The molecular formula is C19H18ClFN2O4. The van der Waals surface area contributed by atoms with Gasteiger partial charge >= 0.3 is 6.09 Å². The monoisotopic (exact) mass is 392 g/mol. The van der Waals surface area contributed by atoms with Crippen LogP contribution >= 0.6 is 11.6 Å². The number of nitrogens with zero attached hydrogens (tertiary/aromatic N) is 1. The van der Waals surface area contributed by atoms with Crippen molar-refractivity contribution in [2.24, 2.45) is 0 Å². The van der Waals surface area contributed by atoms with E-state index in [-0.39, 0.29) is 24.7 Å². The molecule has 0 aliphatic carbocycles. The van der Waals surface area contributed by atoms with Gasteiger partial charge in [-0.05, 0) is 29.8 Å². The fourth-order valence-corrected chi connectivity index (χ4v) is 2.79. The second kappa shape index (κ2) is 8.26. The molecule has 27 heavy (non-hydrogen) atoms. The molecule has 1 atom stereocenters. The molecule has 6 nitrogen and oxygen atoms in total. The largest absolute Gasteiger partial charge is 0.454 e. The predicted molar refractivity (Wildman–Crippen MR) is 98.8 cm³/mol. The summed E-state index contributed by atoms with van der Waals surface area (Å²) in [6.07, 6.45) is -1.07. The highest BCUT2D eigenvalue weighted by molar-refractivity contribution is 6.17. The molecule has 2 aromatic carbocycles. The third-order valence-electron chi connectivity index (χ3n) is 3.99. The topological polar surface area (TPSA) is 67.9 Å². The Balaban J connectivity index is 1.68. The number of nitrogens with one attached hydrogen (secondary N) is 1. The molecule has 0 radical (unpaired) electrons. The maximum Gasteiger partial charge on any atom is 0.414 e. The van der Waals surface area contributed by atoms with Crippen molar-refractivity contribution >= 4 is 29.3 Å². The summed E-state index contributed by atoms with van der Waals surface area (Å²) >= 11 is 5.74. The molecule has 0 aromatic heterocycles. The molecule has 1 N–H and O–H groups in total. The molecule has 1 aliphatic rings. The van der Waals surface area contributed by atoms with Gasteiger partial charge < -0.3 is 14.8 Å². The number of hydrogen-bond donors (Lipinski definition) is 1. The van der Waals surface area contributed by atoms with Gasteiger partial charge in [0.15, 0.2) is 11.6 Å². The Morgan fingerprint density at radius 2 is 2.07 bits per heavy atom. The quantitative estimate of drug-likeness (QED) is 0.759. The Morgan fingerprint density at radius 3 is 2.70 bits per heavy atom. The van der Waals surface area contributed by atoms with Crippen LogP contribution in [-0.2, 0) is 15.4 Å². The van der Waals surface area contributed by atoms with E-state index in [0.29, 0.717) is 17.3 Å². The van der Waals surface area contributed by atoms with E-state index in [1.807, 2.05) is 0 Å². The number of ether oxygens (including phenoxy) is 2. The lowest BCUT2D eigenvalue weighted by Gasteiger charge is -2.15. The van der Waals surface area contributed by atoms with Crippen LogP contribution in [0.3, 0.4) is 0 Å². The van der Waals surface area contributed by atoms with Gasteiger partial charge in [-0.1, -0.05) is 12.1 Å². The zero-order chi connectivity index (χ0) is 19.4. The molecule has 3 rings (SSSR count). The Labute approximate surface area is 160 Å². The fraction of sp³-hybridized carbons (Fsp3) is 0.263. The number of alkyl halides is 1. The summed E-state index contributed by atoms with van der Waals surface area (Å²) in [6.45, 7) is 1.81. The SMILES string of the molecule is CC(=O)NC[C@H]1CN(c2ccc(Oc3ccc(CCl)cc3)c(F)c2)C(=O)O1. The second-order valence-electron chi connectivity index (χ2n) is 6.05. The van der Waals surface area contributed by atoms with Gasteiger partial charge in [0.1, 0.15) is 11.9 Å². The highest BCUT2D eigenvalue weighted by atomic mass is 35.5. The van der Waals surface area contributed by atoms with Crippen LogP contribution in [0, 0.1) is 5.82 Å². The zero-order valence-corrected chi connectivity index (χ0v) is 15.3. The van der Waals surface area contributed by atoms with Gasteiger partial charge in [-0.2, -0.15) is 0 Å². The average Bonchev–Trinajstić information content (AvgIpc) is 3.03. The van der Waals surface area contributed by atoms with E-state index in [2.05, 4.69) is 5.32 Å². The van der Waals surface area contributed by atoms with E-state index >= 15 is 0 Å². The van der Waals surface area contributed by atoms with Crippen LogP contribution < -0.4 is 15.0 Å². The van der Waals surface area contributed by atoms with Crippen LogP contribution in [0.5, 0.6) is 11.5 Å². The number of carbonyl (C=O) groups is 2. The summed E-state index contributed by atoms with van der Waals surface area (Å²) in [5.74, 6) is 0.0902. The lowest BCUT2D eigenvalue weighted by Crippen LogP contribution is -2.33. The van der Waals surface area contributed by atoms with Crippen LogP contribution in [0.4, 0.5) is 14.9 Å². The molecule has 0 spiro atoms. The zero-order valence-electron chi connectivity index (χ0n) is 14.6. The van der Waals surface area contributed by atoms with Crippen molar-refractivity contribution in [3.05, 3.63) is 53.8 Å². The van der Waals surface area contributed by atoms with Crippen LogP contribution in [0.25, 0.3) is 0 Å². The summed E-state index contributed by atoms with van der Waals surface area (Å²) in [5.41, 5.74) is 1.29. The highest BCUT2D eigenvalue weighted by Gasteiger charge is 2.32. The number of amides is 2. The lowest BCUT2D eigenvalue weighted by molar-refractivity contribution is -0.119. The molecule has 0 saturated carbocycles. The summed E-state index contributed by atoms with van der Waals surface area (Å²) < 4.78 is 25.1. The number of hydrogen-bond acceptors (Lipinski definition) is 4. The molecule has 0 unspecified atom stereocenters. The van der Waals surface area contributed by atoms with Gasteiger partial charge in [-0.15, -0.1) is 11.6 Å². The molecule has 0 bridgehead atoms. The van der Waals surface area contributed by atoms with Crippen LogP contribution in [-0.4, -0.2) is 31.2 Å². The maximum atomic E-state index is 14.4. The van der Waals surface area contributed by atoms with Gasteiger partial charge in [0.25, 0.3) is 0 Å². The smallest absolute Gasteiger partial charge is 0.414 e. The third kappa shape index (κ3) is 4.68. The maximum absolute atomic E-state index is 14.4. The minimum atomic E-state index is -0.605. The standard InChI is InChI=1S/C19H18ClFN2O4/c1-12(24)22-10-16-11-23(19(25)27-16)14-4-7-18(17(21)8-14)26-15-5-2-13(9-20)3-6-15/h2-8,16H,9-11H2,1H3,(H,22,24)/t16-/m0/s1. The third-order valence-corrected chi connectivity index (χ3v) is 4.29. The van der Waals surface area contributed by atoms with E-state index in [1.54, 1.807) is 30.3 Å². The van der Waals surface area contributed by atoms with Crippen molar-refractivity contribution in [3.8, 4) is 11.5 Å². The Morgan fingerprint density at radius 1 is 1.33 bits per heavy atom. The molecule has 1 saturated heterocycles. The summed E-state index contributed by atoms with van der Waals surface area (Å²) in [4.78, 5) is 24.3. The van der Waals surface area contributed by atoms with E-state index in [0.717, 1.165) is 5.56 Å². The second-order valence-corrected chi connectivity index (χ2v) is 6.32. The molecule has 2 amide bonds. The first-order valence-electron chi connectivity index (χ1n) is 8.31. The van der Waals surface area contributed by atoms with Gasteiger partial charge in [0.05, 0.1) is 18.8 Å². The molecular weight excluding hydrogens is 375 g/mol. The van der Waals surface area contributed by atoms with E-state index < -0.39 is 18.0 Å². The number of anilines is 1. The summed E-state index contributed by atoms with van der Waals surface area (Å²) in [6, 6.07) is 11.2. The first-order chi connectivity index (χ1) is 13.0. The van der Waals surface area contributed by atoms with Crippen molar-refractivity contribution in [2.45, 2.75) is 18.9 Å². The van der Waals surface area contributed by atoms with Gasteiger partial charge in [0.2, 0.25) is 5.91 Å². The molecule has 2 aromatic rings. The number of halogens is 2. The lowest BCUT2D eigenvalue weighted by atomic mass is 10.2. The Kier molecular flexibility index (Phi) is 5.81. The number of benzene rings is 2. The van der Waals surface area contributed by atoms with E-state index in [1.165, 1.54) is 24.0 Å². The van der Waals surface area contributed by atoms with Crippen LogP contribution in [0.2, 0.25) is 0 Å². The highest BCUT2D eigenvalue weighted by Crippen LogP contribution is 2.30. The summed E-state index contributed by atoms with van der Waals surface area (Å²) in [7, 11) is 0. The Bertz CT molecular complexity index is 844. The molecule has 142 valence electrons. The van der Waals surface area contributed by atoms with Crippen molar-refractivity contribution < 1.29 is 23.5 Å². The van der Waals surface area contributed by atoms with Gasteiger partial charge in [0, 0.05) is 18.9 Å². The minimum absolute atomic E-state index is 0.0414. The summed E-state index contributed by atoms with van der Waals surface area (Å²) in [5, 5.41) is 2.59. The van der Waals surface area contributed by atoms with Crippen molar-refractivity contribution in [3.63, 3.8) is 0 Å². The Hall–Kier alpha value is -2.80. The first kappa shape index (κ1) is 19.0. The van der Waals surface area contributed by atoms with Crippen molar-refractivity contribution in [1.29, 1.82) is 0 Å². The molecule has 1 aliphatic heterocycles. The van der Waals surface area contributed by atoms with Crippen LogP contribution in [0.15, 0.2) is 42.5 Å². The van der Waals surface area contributed by atoms with E-state index in [9.17, 15) is 14.0 Å².